The van der Waals surface area contributed by atoms with Gasteiger partial charge in [-0.3, -0.25) is 9.59 Å². The number of hydrogen-bond acceptors (Lipinski definition) is 4. The van der Waals surface area contributed by atoms with Gasteiger partial charge in [0.2, 0.25) is 5.91 Å². The quantitative estimate of drug-likeness (QED) is 0.621. The molecular formula is C25H29N3O2. The molecule has 2 aromatic rings. The molecule has 5 nitrogen and oxygen atoms in total. The van der Waals surface area contributed by atoms with Crippen molar-refractivity contribution >= 4 is 28.8 Å². The normalized spacial score (nSPS) is 19.8. The molecule has 0 fully saturated rings. The third-order valence-corrected chi connectivity index (χ3v) is 5.99. The molecule has 30 heavy (non-hydrogen) atoms. The van der Waals surface area contributed by atoms with Crippen LogP contribution in [0, 0.1) is 19.3 Å². The van der Waals surface area contributed by atoms with Crippen molar-refractivity contribution in [3.05, 3.63) is 64.4 Å². The van der Waals surface area contributed by atoms with Gasteiger partial charge in [-0.15, -0.1) is 0 Å². The Labute approximate surface area is 178 Å². The summed E-state index contributed by atoms with van der Waals surface area (Å²) < 4.78 is 0. The zero-order valence-electron chi connectivity index (χ0n) is 18.3. The molecule has 156 valence electrons. The Morgan fingerprint density at radius 3 is 2.30 bits per heavy atom. The van der Waals surface area contributed by atoms with E-state index in [1.807, 2.05) is 24.3 Å². The first-order valence-corrected chi connectivity index (χ1v) is 10.4. The Bertz CT molecular complexity index is 1060. The van der Waals surface area contributed by atoms with E-state index in [0.717, 1.165) is 40.3 Å². The Balaban J connectivity index is 1.82. The average Bonchev–Trinajstić information content (AvgIpc) is 2.78. The van der Waals surface area contributed by atoms with Gasteiger partial charge in [0, 0.05) is 30.3 Å². The molecule has 0 saturated heterocycles. The SMILES string of the molecule is CC(=O)Nc1ccc([C@H]2Nc3cc(C)c(C)cc3NC3=C2C(=O)CC(C)(C)C3)cc1. The second-order valence-electron chi connectivity index (χ2n) is 9.32. The molecule has 0 aromatic heterocycles. The van der Waals surface area contributed by atoms with Crippen molar-refractivity contribution in [1.82, 2.24) is 0 Å². The summed E-state index contributed by atoms with van der Waals surface area (Å²) in [5.41, 5.74) is 7.90. The summed E-state index contributed by atoms with van der Waals surface area (Å²) in [6.07, 6.45) is 1.35. The van der Waals surface area contributed by atoms with Gasteiger partial charge < -0.3 is 16.0 Å². The number of aryl methyl sites for hydroxylation is 2. The van der Waals surface area contributed by atoms with Crippen LogP contribution in [-0.2, 0) is 9.59 Å². The third kappa shape index (κ3) is 3.84. The van der Waals surface area contributed by atoms with Gasteiger partial charge in [0.15, 0.2) is 5.78 Å². The first kappa shape index (κ1) is 20.2. The van der Waals surface area contributed by atoms with Crippen LogP contribution >= 0.6 is 0 Å². The van der Waals surface area contributed by atoms with Gasteiger partial charge in [-0.05, 0) is 66.6 Å². The van der Waals surface area contributed by atoms with Crippen LogP contribution in [-0.4, -0.2) is 11.7 Å². The summed E-state index contributed by atoms with van der Waals surface area (Å²) in [6, 6.07) is 11.8. The summed E-state index contributed by atoms with van der Waals surface area (Å²) >= 11 is 0. The molecule has 3 N–H and O–H groups in total. The van der Waals surface area contributed by atoms with E-state index < -0.39 is 0 Å². The lowest BCUT2D eigenvalue weighted by atomic mass is 9.73. The van der Waals surface area contributed by atoms with Crippen LogP contribution < -0.4 is 16.0 Å². The van der Waals surface area contributed by atoms with Crippen LogP contribution in [0.2, 0.25) is 0 Å². The van der Waals surface area contributed by atoms with E-state index in [1.54, 1.807) is 0 Å². The van der Waals surface area contributed by atoms with E-state index in [1.165, 1.54) is 18.1 Å². The minimum Gasteiger partial charge on any atom is -0.372 e. The maximum absolute atomic E-state index is 13.3. The van der Waals surface area contributed by atoms with Crippen LogP contribution in [0.5, 0.6) is 0 Å². The molecule has 0 radical (unpaired) electrons. The molecule has 1 atom stereocenters. The molecular weight excluding hydrogens is 374 g/mol. The van der Waals surface area contributed by atoms with Gasteiger partial charge in [-0.2, -0.15) is 0 Å². The van der Waals surface area contributed by atoms with Crippen molar-refractivity contribution in [2.24, 2.45) is 5.41 Å². The first-order chi connectivity index (χ1) is 14.1. The Kier molecular flexibility index (Phi) is 4.92. The smallest absolute Gasteiger partial charge is 0.221 e. The molecule has 0 spiro atoms. The lowest BCUT2D eigenvalue weighted by Gasteiger charge is -2.34. The molecule has 5 heteroatoms. The fourth-order valence-corrected chi connectivity index (χ4v) is 4.42. The van der Waals surface area contributed by atoms with Crippen molar-refractivity contribution in [1.29, 1.82) is 0 Å². The monoisotopic (exact) mass is 403 g/mol. The molecule has 1 amide bonds. The molecule has 2 aromatic carbocycles. The van der Waals surface area contributed by atoms with E-state index in [4.69, 9.17) is 0 Å². The number of carbonyl (C=O) groups is 2. The number of fused-ring (bicyclic) bond motifs is 1. The van der Waals surface area contributed by atoms with E-state index >= 15 is 0 Å². The lowest BCUT2D eigenvalue weighted by molar-refractivity contribution is -0.118. The first-order valence-electron chi connectivity index (χ1n) is 10.4. The summed E-state index contributed by atoms with van der Waals surface area (Å²) in [6.45, 7) is 9.99. The highest BCUT2D eigenvalue weighted by Gasteiger charge is 2.38. The number of hydrogen-bond donors (Lipinski definition) is 3. The number of anilines is 3. The van der Waals surface area contributed by atoms with Crippen LogP contribution in [0.25, 0.3) is 0 Å². The average molecular weight is 404 g/mol. The fraction of sp³-hybridized carbons (Fsp3) is 0.360. The zero-order valence-corrected chi connectivity index (χ0v) is 18.3. The van der Waals surface area contributed by atoms with E-state index in [9.17, 15) is 9.59 Å². The van der Waals surface area contributed by atoms with Crippen molar-refractivity contribution < 1.29 is 9.59 Å². The third-order valence-electron chi connectivity index (χ3n) is 5.99. The van der Waals surface area contributed by atoms with Crippen molar-refractivity contribution in [3.8, 4) is 0 Å². The van der Waals surface area contributed by atoms with Crippen molar-refractivity contribution in [2.75, 3.05) is 16.0 Å². The van der Waals surface area contributed by atoms with Gasteiger partial charge in [0.1, 0.15) is 0 Å². The molecule has 1 aliphatic heterocycles. The maximum Gasteiger partial charge on any atom is 0.221 e. The van der Waals surface area contributed by atoms with Gasteiger partial charge in [-0.1, -0.05) is 26.0 Å². The van der Waals surface area contributed by atoms with E-state index in [2.05, 4.69) is 55.8 Å². The predicted octanol–water partition coefficient (Wildman–Crippen LogP) is 5.48. The predicted molar refractivity (Wildman–Crippen MR) is 122 cm³/mol. The number of nitrogens with one attached hydrogen (secondary N) is 3. The molecule has 0 saturated carbocycles. The summed E-state index contributed by atoms with van der Waals surface area (Å²) in [5.74, 6) is 0.0763. The second kappa shape index (κ2) is 7.31. The highest BCUT2D eigenvalue weighted by Crippen LogP contribution is 2.46. The minimum atomic E-state index is -0.245. The molecule has 0 bridgehead atoms. The summed E-state index contributed by atoms with van der Waals surface area (Å²) in [5, 5.41) is 10.0. The van der Waals surface area contributed by atoms with Gasteiger partial charge >= 0.3 is 0 Å². The highest BCUT2D eigenvalue weighted by molar-refractivity contribution is 6.01. The van der Waals surface area contributed by atoms with Gasteiger partial charge in [0.05, 0.1) is 17.4 Å². The number of allylic oxidation sites excluding steroid dienone is 1. The summed E-state index contributed by atoms with van der Waals surface area (Å²) in [7, 11) is 0. The molecule has 0 unspecified atom stereocenters. The molecule has 4 rings (SSSR count). The number of rotatable bonds is 2. The number of amides is 1. The summed E-state index contributed by atoms with van der Waals surface area (Å²) in [4.78, 5) is 24.6. The molecule has 2 aliphatic rings. The minimum absolute atomic E-state index is 0.0764. The largest absolute Gasteiger partial charge is 0.372 e. The Hall–Kier alpha value is -3.08. The molecule has 1 heterocycles. The van der Waals surface area contributed by atoms with Gasteiger partial charge in [0.25, 0.3) is 0 Å². The standard InChI is InChI=1S/C25H29N3O2/c1-14-10-19-20(11-15(14)2)28-24(17-6-8-18(9-7-17)26-16(3)29)23-21(27-19)12-25(4,5)13-22(23)30/h6-11,24,27-28H,12-13H2,1-5H3,(H,26,29)/t24-/m1/s1. The number of ketones is 1. The van der Waals surface area contributed by atoms with Crippen LogP contribution in [0.15, 0.2) is 47.7 Å². The molecule has 1 aliphatic carbocycles. The van der Waals surface area contributed by atoms with Crippen molar-refractivity contribution in [2.45, 2.75) is 53.5 Å². The van der Waals surface area contributed by atoms with Crippen molar-refractivity contribution in [3.63, 3.8) is 0 Å². The van der Waals surface area contributed by atoms with Crippen LogP contribution in [0.4, 0.5) is 17.1 Å². The number of Topliss-reactive ketones (excluding diaryl/α,β-unsaturated/α-hetero) is 1. The Morgan fingerprint density at radius 1 is 1.03 bits per heavy atom. The zero-order chi connectivity index (χ0) is 21.6. The number of benzene rings is 2. The fourth-order valence-electron chi connectivity index (χ4n) is 4.42. The van der Waals surface area contributed by atoms with Crippen LogP contribution in [0.1, 0.15) is 56.3 Å². The topological polar surface area (TPSA) is 70.2 Å². The van der Waals surface area contributed by atoms with Crippen LogP contribution in [0.3, 0.4) is 0 Å². The lowest BCUT2D eigenvalue weighted by Crippen LogP contribution is -2.31. The highest BCUT2D eigenvalue weighted by atomic mass is 16.1. The van der Waals surface area contributed by atoms with E-state index in [-0.39, 0.29) is 23.1 Å². The Morgan fingerprint density at radius 2 is 1.67 bits per heavy atom. The van der Waals surface area contributed by atoms with E-state index in [0.29, 0.717) is 6.42 Å². The maximum atomic E-state index is 13.3. The second-order valence-corrected chi connectivity index (χ2v) is 9.32. The van der Waals surface area contributed by atoms with Gasteiger partial charge in [-0.25, -0.2) is 0 Å². The number of carbonyl (C=O) groups excluding carboxylic acids is 2.